The molecule has 0 bridgehead atoms. The van der Waals surface area contributed by atoms with E-state index in [-0.39, 0.29) is 18.4 Å². The van der Waals surface area contributed by atoms with E-state index in [1.165, 1.54) is 7.11 Å². The number of methoxy groups -OCH3 is 1. The van der Waals surface area contributed by atoms with Crippen molar-refractivity contribution in [3.8, 4) is 0 Å². The van der Waals surface area contributed by atoms with E-state index in [9.17, 15) is 9.59 Å². The van der Waals surface area contributed by atoms with Crippen molar-refractivity contribution in [2.75, 3.05) is 24.3 Å². The number of esters is 1. The average molecular weight is 377 g/mol. The number of hydrogen-bond acceptors (Lipinski definition) is 4. The molecule has 0 saturated carbocycles. The predicted molar refractivity (Wildman–Crippen MR) is 93.8 cm³/mol. The topological polar surface area (TPSA) is 67.4 Å². The highest BCUT2D eigenvalue weighted by atomic mass is 79.9. The Hall–Kier alpha value is -2.34. The quantitative estimate of drug-likeness (QED) is 0.782. The minimum absolute atomic E-state index is 0.132. The van der Waals surface area contributed by atoms with E-state index in [2.05, 4.69) is 31.3 Å². The molecule has 0 aliphatic carbocycles. The van der Waals surface area contributed by atoms with Crippen LogP contribution in [0.5, 0.6) is 0 Å². The van der Waals surface area contributed by atoms with Gasteiger partial charge in [-0.15, -0.1) is 0 Å². The van der Waals surface area contributed by atoms with Crippen molar-refractivity contribution in [2.45, 2.75) is 6.92 Å². The van der Waals surface area contributed by atoms with Gasteiger partial charge in [-0.3, -0.25) is 4.79 Å². The minimum Gasteiger partial charge on any atom is -0.465 e. The lowest BCUT2D eigenvalue weighted by molar-refractivity contribution is -0.114. The number of halogens is 1. The molecule has 2 aromatic rings. The maximum absolute atomic E-state index is 11.9. The Bertz CT molecular complexity index is 714. The fraction of sp³-hybridized carbons (Fsp3) is 0.176. The van der Waals surface area contributed by atoms with Crippen LogP contribution in [0.2, 0.25) is 0 Å². The molecule has 0 heterocycles. The van der Waals surface area contributed by atoms with E-state index < -0.39 is 0 Å². The average Bonchev–Trinajstić information content (AvgIpc) is 2.56. The maximum atomic E-state index is 11.9. The fourth-order valence-corrected chi connectivity index (χ4v) is 2.20. The molecule has 2 aromatic carbocycles. The van der Waals surface area contributed by atoms with Crippen molar-refractivity contribution in [1.29, 1.82) is 0 Å². The summed E-state index contributed by atoms with van der Waals surface area (Å²) in [7, 11) is 1.34. The number of anilines is 2. The number of rotatable bonds is 5. The Balaban J connectivity index is 1.88. The molecule has 5 nitrogen and oxygen atoms in total. The molecule has 1 amide bonds. The van der Waals surface area contributed by atoms with Crippen LogP contribution in [0.25, 0.3) is 0 Å². The zero-order valence-electron chi connectivity index (χ0n) is 12.9. The Kier molecular flexibility index (Phi) is 5.76. The van der Waals surface area contributed by atoms with Gasteiger partial charge in [-0.25, -0.2) is 4.79 Å². The van der Waals surface area contributed by atoms with Crippen molar-refractivity contribution in [2.24, 2.45) is 0 Å². The van der Waals surface area contributed by atoms with Gasteiger partial charge in [0.15, 0.2) is 0 Å². The minimum atomic E-state index is -0.389. The summed E-state index contributed by atoms with van der Waals surface area (Å²) in [6, 6.07) is 12.4. The van der Waals surface area contributed by atoms with E-state index in [1.54, 1.807) is 24.3 Å². The van der Waals surface area contributed by atoms with Crippen LogP contribution in [0.4, 0.5) is 11.4 Å². The molecular formula is C17H17BrN2O3. The molecule has 23 heavy (non-hydrogen) atoms. The number of hydrogen-bond donors (Lipinski definition) is 2. The standard InChI is InChI=1S/C17H17BrN2O3/c1-11-9-14(7-8-15(11)18)20-16(21)10-19-13-5-3-12(4-6-13)17(22)23-2/h3-9,19H,10H2,1-2H3,(H,20,21). The number of aryl methyl sites for hydroxylation is 1. The highest BCUT2D eigenvalue weighted by molar-refractivity contribution is 9.10. The number of benzene rings is 2. The molecule has 2 rings (SSSR count). The SMILES string of the molecule is COC(=O)c1ccc(NCC(=O)Nc2ccc(Br)c(C)c2)cc1. The molecule has 0 aliphatic rings. The van der Waals surface area contributed by atoms with Crippen molar-refractivity contribution < 1.29 is 14.3 Å². The molecule has 0 spiro atoms. The van der Waals surface area contributed by atoms with Crippen LogP contribution in [-0.2, 0) is 9.53 Å². The lowest BCUT2D eigenvalue weighted by Crippen LogP contribution is -2.21. The molecule has 2 N–H and O–H groups in total. The summed E-state index contributed by atoms with van der Waals surface area (Å²) in [5.41, 5.74) is 3.01. The number of nitrogens with one attached hydrogen (secondary N) is 2. The molecule has 0 unspecified atom stereocenters. The smallest absolute Gasteiger partial charge is 0.337 e. The van der Waals surface area contributed by atoms with E-state index >= 15 is 0 Å². The molecule has 120 valence electrons. The number of carbonyl (C=O) groups excluding carboxylic acids is 2. The van der Waals surface area contributed by atoms with E-state index in [1.807, 2.05) is 25.1 Å². The summed E-state index contributed by atoms with van der Waals surface area (Å²) < 4.78 is 5.63. The molecule has 0 atom stereocenters. The predicted octanol–water partition coefficient (Wildman–Crippen LogP) is 3.59. The molecule has 0 aromatic heterocycles. The molecule has 0 aliphatic heterocycles. The van der Waals surface area contributed by atoms with Gasteiger partial charge in [0.1, 0.15) is 0 Å². The Morgan fingerprint density at radius 2 is 1.74 bits per heavy atom. The summed E-state index contributed by atoms with van der Waals surface area (Å²) in [5, 5.41) is 5.82. The Labute approximate surface area is 143 Å². The number of carbonyl (C=O) groups is 2. The normalized spacial score (nSPS) is 10.0. The first-order chi connectivity index (χ1) is 11.0. The van der Waals surface area contributed by atoms with Crippen LogP contribution in [-0.4, -0.2) is 25.5 Å². The monoisotopic (exact) mass is 376 g/mol. The lowest BCUT2D eigenvalue weighted by Gasteiger charge is -2.09. The van der Waals surface area contributed by atoms with Crippen molar-refractivity contribution in [3.05, 3.63) is 58.1 Å². The van der Waals surface area contributed by atoms with Crippen LogP contribution in [0.1, 0.15) is 15.9 Å². The molecule has 6 heteroatoms. The third-order valence-corrected chi connectivity index (χ3v) is 4.09. The van der Waals surface area contributed by atoms with Crippen molar-refractivity contribution >= 4 is 39.2 Å². The van der Waals surface area contributed by atoms with Crippen LogP contribution in [0.3, 0.4) is 0 Å². The van der Waals surface area contributed by atoms with Gasteiger partial charge in [0, 0.05) is 15.8 Å². The number of amides is 1. The van der Waals surface area contributed by atoms with Crippen LogP contribution in [0, 0.1) is 6.92 Å². The number of ether oxygens (including phenoxy) is 1. The van der Waals surface area contributed by atoms with Gasteiger partial charge < -0.3 is 15.4 Å². The van der Waals surface area contributed by atoms with Gasteiger partial charge in [-0.1, -0.05) is 15.9 Å². The molecule has 0 fully saturated rings. The third-order valence-electron chi connectivity index (χ3n) is 3.20. The second kappa shape index (κ2) is 7.78. The maximum Gasteiger partial charge on any atom is 0.337 e. The zero-order valence-corrected chi connectivity index (χ0v) is 14.4. The summed E-state index contributed by atoms with van der Waals surface area (Å²) in [4.78, 5) is 23.3. The van der Waals surface area contributed by atoms with Crippen molar-refractivity contribution in [1.82, 2.24) is 0 Å². The second-order valence-electron chi connectivity index (χ2n) is 4.93. The molecular weight excluding hydrogens is 360 g/mol. The summed E-state index contributed by atoms with van der Waals surface area (Å²) >= 11 is 3.42. The first-order valence-corrected chi connectivity index (χ1v) is 7.77. The molecule has 0 radical (unpaired) electrons. The Morgan fingerprint density at radius 3 is 2.35 bits per heavy atom. The van der Waals surface area contributed by atoms with Gasteiger partial charge in [-0.05, 0) is 55.0 Å². The summed E-state index contributed by atoms with van der Waals surface area (Å²) in [6.07, 6.45) is 0. The third kappa shape index (κ3) is 4.82. The van der Waals surface area contributed by atoms with Gasteiger partial charge in [0.05, 0.1) is 19.2 Å². The first kappa shape index (κ1) is 17.0. The largest absolute Gasteiger partial charge is 0.465 e. The highest BCUT2D eigenvalue weighted by Gasteiger charge is 2.06. The fourth-order valence-electron chi connectivity index (χ4n) is 1.95. The second-order valence-corrected chi connectivity index (χ2v) is 5.79. The summed E-state index contributed by atoms with van der Waals surface area (Å²) in [6.45, 7) is 2.09. The summed E-state index contributed by atoms with van der Waals surface area (Å²) in [5.74, 6) is -0.538. The van der Waals surface area contributed by atoms with Gasteiger partial charge in [-0.2, -0.15) is 0 Å². The van der Waals surface area contributed by atoms with Crippen LogP contribution in [0.15, 0.2) is 46.9 Å². The zero-order chi connectivity index (χ0) is 16.8. The van der Waals surface area contributed by atoms with Crippen LogP contribution < -0.4 is 10.6 Å². The lowest BCUT2D eigenvalue weighted by atomic mass is 10.2. The highest BCUT2D eigenvalue weighted by Crippen LogP contribution is 2.20. The first-order valence-electron chi connectivity index (χ1n) is 6.98. The van der Waals surface area contributed by atoms with E-state index in [4.69, 9.17) is 0 Å². The van der Waals surface area contributed by atoms with Crippen molar-refractivity contribution in [3.63, 3.8) is 0 Å². The van der Waals surface area contributed by atoms with E-state index in [0.29, 0.717) is 5.56 Å². The van der Waals surface area contributed by atoms with E-state index in [0.717, 1.165) is 21.4 Å². The molecule has 0 saturated heterocycles. The van der Waals surface area contributed by atoms with Crippen LogP contribution >= 0.6 is 15.9 Å². The van der Waals surface area contributed by atoms with Gasteiger partial charge in [0.25, 0.3) is 0 Å². The van der Waals surface area contributed by atoms with Gasteiger partial charge >= 0.3 is 5.97 Å². The van der Waals surface area contributed by atoms with Gasteiger partial charge in [0.2, 0.25) is 5.91 Å². The Morgan fingerprint density at radius 1 is 1.09 bits per heavy atom.